The Morgan fingerprint density at radius 1 is 1.36 bits per heavy atom. The van der Waals surface area contributed by atoms with E-state index in [0.717, 1.165) is 6.42 Å². The van der Waals surface area contributed by atoms with E-state index in [-0.39, 0.29) is 0 Å². The first-order valence-corrected chi connectivity index (χ1v) is 4.43. The third kappa shape index (κ3) is 1.32. The number of hydrogen-bond donors (Lipinski definition) is 0. The minimum Gasteiger partial charge on any atom is -0.491 e. The van der Waals surface area contributed by atoms with E-state index in [1.807, 2.05) is 0 Å². The molecule has 11 heavy (non-hydrogen) atoms. The van der Waals surface area contributed by atoms with Gasteiger partial charge in [0.15, 0.2) is 0 Å². The molecule has 60 valence electrons. The topological polar surface area (TPSA) is 9.23 Å². The lowest BCUT2D eigenvalue weighted by Crippen LogP contribution is -2.13. The number of ether oxygens (including phenoxy) is 1. The summed E-state index contributed by atoms with van der Waals surface area (Å²) in [5.41, 5.74) is 1.44. The molecule has 0 spiro atoms. The van der Waals surface area contributed by atoms with Gasteiger partial charge in [0.1, 0.15) is 11.9 Å². The van der Waals surface area contributed by atoms with Crippen molar-refractivity contribution in [3.63, 3.8) is 0 Å². The van der Waals surface area contributed by atoms with E-state index in [1.54, 1.807) is 0 Å². The Morgan fingerprint density at radius 2 is 2.18 bits per heavy atom. The Labute approximate surface area is 67.7 Å². The molecule has 1 aliphatic heterocycles. The molecule has 1 heteroatoms. The molecule has 2 rings (SSSR count). The zero-order valence-electron chi connectivity index (χ0n) is 6.97. The zero-order valence-corrected chi connectivity index (χ0v) is 6.97. The van der Waals surface area contributed by atoms with Crippen LogP contribution in [0.1, 0.15) is 32.6 Å². The van der Waals surface area contributed by atoms with Gasteiger partial charge in [-0.2, -0.15) is 0 Å². The van der Waals surface area contributed by atoms with E-state index in [0.29, 0.717) is 6.10 Å². The molecule has 1 atom stereocenters. The van der Waals surface area contributed by atoms with E-state index >= 15 is 0 Å². The molecule has 0 aromatic carbocycles. The fourth-order valence-corrected chi connectivity index (χ4v) is 1.73. The van der Waals surface area contributed by atoms with Crippen LogP contribution in [-0.4, -0.2) is 6.10 Å². The van der Waals surface area contributed by atoms with E-state index < -0.39 is 0 Å². The van der Waals surface area contributed by atoms with Crippen molar-refractivity contribution in [2.45, 2.75) is 38.7 Å². The van der Waals surface area contributed by atoms with Crippen molar-refractivity contribution in [3.8, 4) is 0 Å². The van der Waals surface area contributed by atoms with Crippen molar-refractivity contribution in [3.05, 3.63) is 23.5 Å². The molecule has 1 unspecified atom stereocenters. The highest BCUT2D eigenvalue weighted by Crippen LogP contribution is 2.30. The van der Waals surface area contributed by atoms with E-state index in [1.165, 1.54) is 30.6 Å². The van der Waals surface area contributed by atoms with Gasteiger partial charge in [-0.15, -0.1) is 0 Å². The maximum absolute atomic E-state index is 5.68. The molecule has 0 amide bonds. The lowest BCUT2D eigenvalue weighted by atomic mass is 9.95. The summed E-state index contributed by atoms with van der Waals surface area (Å²) in [6, 6.07) is 0. The molecule has 0 N–H and O–H groups in total. The fraction of sp³-hybridized carbons (Fsp3) is 0.600. The van der Waals surface area contributed by atoms with Gasteiger partial charge in [0, 0.05) is 6.42 Å². The Kier molecular flexibility index (Phi) is 1.72. The molecular weight excluding hydrogens is 136 g/mol. The first-order valence-electron chi connectivity index (χ1n) is 4.43. The molecule has 0 saturated carbocycles. The van der Waals surface area contributed by atoms with Crippen LogP contribution in [-0.2, 0) is 4.74 Å². The highest BCUT2D eigenvalue weighted by molar-refractivity contribution is 5.27. The van der Waals surface area contributed by atoms with Crippen molar-refractivity contribution < 1.29 is 4.74 Å². The minimum absolute atomic E-state index is 0.298. The van der Waals surface area contributed by atoms with Gasteiger partial charge in [0.25, 0.3) is 0 Å². The van der Waals surface area contributed by atoms with Gasteiger partial charge in [-0.1, -0.05) is 6.08 Å². The molecule has 1 nitrogen and oxygen atoms in total. The minimum atomic E-state index is 0.298. The molecule has 0 saturated heterocycles. The molecule has 0 aromatic rings. The van der Waals surface area contributed by atoms with Gasteiger partial charge >= 0.3 is 0 Å². The largest absolute Gasteiger partial charge is 0.491 e. The zero-order chi connectivity index (χ0) is 7.68. The van der Waals surface area contributed by atoms with Crippen LogP contribution in [0.4, 0.5) is 0 Å². The average molecular weight is 150 g/mol. The van der Waals surface area contributed by atoms with Crippen molar-refractivity contribution in [1.29, 1.82) is 0 Å². The summed E-state index contributed by atoms with van der Waals surface area (Å²) < 4.78 is 5.68. The quantitative estimate of drug-likeness (QED) is 0.516. The maximum atomic E-state index is 5.68. The van der Waals surface area contributed by atoms with Crippen LogP contribution in [0.3, 0.4) is 0 Å². The molecule has 0 bridgehead atoms. The maximum Gasteiger partial charge on any atom is 0.114 e. The van der Waals surface area contributed by atoms with Gasteiger partial charge in [0.05, 0.1) is 0 Å². The van der Waals surface area contributed by atoms with Crippen molar-refractivity contribution >= 4 is 0 Å². The highest BCUT2D eigenvalue weighted by Gasteiger charge is 2.16. The second kappa shape index (κ2) is 2.72. The third-order valence-electron chi connectivity index (χ3n) is 2.35. The van der Waals surface area contributed by atoms with Crippen LogP contribution in [0, 0.1) is 0 Å². The first-order chi connectivity index (χ1) is 5.36. The van der Waals surface area contributed by atoms with Crippen molar-refractivity contribution in [1.82, 2.24) is 0 Å². The Morgan fingerprint density at radius 3 is 3.09 bits per heavy atom. The van der Waals surface area contributed by atoms with Crippen LogP contribution in [0.2, 0.25) is 0 Å². The Bertz CT molecular complexity index is 213. The summed E-state index contributed by atoms with van der Waals surface area (Å²) in [7, 11) is 0. The highest BCUT2D eigenvalue weighted by atomic mass is 16.5. The summed E-state index contributed by atoms with van der Waals surface area (Å²) in [6.07, 6.45) is 9.70. The smallest absolute Gasteiger partial charge is 0.114 e. The van der Waals surface area contributed by atoms with Gasteiger partial charge in [-0.25, -0.2) is 0 Å². The second-order valence-corrected chi connectivity index (χ2v) is 3.34. The van der Waals surface area contributed by atoms with E-state index in [2.05, 4.69) is 19.1 Å². The Hall–Kier alpha value is -0.720. The lowest BCUT2D eigenvalue weighted by Gasteiger charge is -2.25. The summed E-state index contributed by atoms with van der Waals surface area (Å²) in [6.45, 7) is 2.09. The number of hydrogen-bond acceptors (Lipinski definition) is 1. The lowest BCUT2D eigenvalue weighted by molar-refractivity contribution is 0.148. The van der Waals surface area contributed by atoms with Crippen LogP contribution in [0.5, 0.6) is 0 Å². The predicted octanol–water partition coefficient (Wildman–Crippen LogP) is 2.79. The van der Waals surface area contributed by atoms with Crippen LogP contribution >= 0.6 is 0 Å². The summed E-state index contributed by atoms with van der Waals surface area (Å²) >= 11 is 0. The molecule has 1 heterocycles. The van der Waals surface area contributed by atoms with Gasteiger partial charge < -0.3 is 4.74 Å². The molecule has 0 aromatic heterocycles. The summed E-state index contributed by atoms with van der Waals surface area (Å²) in [4.78, 5) is 0. The van der Waals surface area contributed by atoms with Crippen LogP contribution < -0.4 is 0 Å². The second-order valence-electron chi connectivity index (χ2n) is 3.34. The Balaban J connectivity index is 2.20. The van der Waals surface area contributed by atoms with Crippen molar-refractivity contribution in [2.24, 2.45) is 0 Å². The SMILES string of the molecule is CC1C=CC2=C(CCCC2)O1. The average Bonchev–Trinajstić information content (AvgIpc) is 2.04. The molecule has 0 fully saturated rings. The predicted molar refractivity (Wildman–Crippen MR) is 45.2 cm³/mol. The molecular formula is C10H14O. The van der Waals surface area contributed by atoms with E-state index in [4.69, 9.17) is 4.74 Å². The van der Waals surface area contributed by atoms with Gasteiger partial charge in [-0.05, 0) is 37.8 Å². The van der Waals surface area contributed by atoms with E-state index in [9.17, 15) is 0 Å². The normalized spacial score (nSPS) is 29.7. The molecule has 0 radical (unpaired) electrons. The van der Waals surface area contributed by atoms with Gasteiger partial charge in [-0.3, -0.25) is 0 Å². The van der Waals surface area contributed by atoms with Crippen LogP contribution in [0.15, 0.2) is 23.5 Å². The van der Waals surface area contributed by atoms with Crippen molar-refractivity contribution in [2.75, 3.05) is 0 Å². The molecule has 2 aliphatic rings. The fourth-order valence-electron chi connectivity index (χ4n) is 1.73. The number of rotatable bonds is 0. The summed E-state index contributed by atoms with van der Waals surface area (Å²) in [5.74, 6) is 1.26. The van der Waals surface area contributed by atoms with Gasteiger partial charge in [0.2, 0.25) is 0 Å². The molecule has 1 aliphatic carbocycles. The third-order valence-corrected chi connectivity index (χ3v) is 2.35. The number of allylic oxidation sites excluding steroid dienone is 3. The standard InChI is InChI=1S/C10H14O/c1-8-6-7-9-4-2-3-5-10(9)11-8/h6-8H,2-5H2,1H3. The first kappa shape index (κ1) is 6.96. The monoisotopic (exact) mass is 150 g/mol. The summed E-state index contributed by atoms with van der Waals surface area (Å²) in [5, 5.41) is 0. The van der Waals surface area contributed by atoms with Crippen LogP contribution in [0.25, 0.3) is 0 Å².